The van der Waals surface area contributed by atoms with E-state index in [1.807, 2.05) is 6.07 Å². The summed E-state index contributed by atoms with van der Waals surface area (Å²) in [6.07, 6.45) is 14.9. The molecule has 3 heteroatoms. The number of hydrogen-bond acceptors (Lipinski definition) is 0. The summed E-state index contributed by atoms with van der Waals surface area (Å²) in [5.74, 6) is -0.122. The smallest absolute Gasteiger partial charge is 0.169 e. The largest absolute Gasteiger partial charge is 0.206 e. The molecular formula is C29H37F3. The summed E-state index contributed by atoms with van der Waals surface area (Å²) in [6, 6.07) is 5.21. The normalized spacial score (nSPS) is 25.6. The molecule has 0 N–H and O–H groups in total. The molecule has 4 rings (SSSR count). The SMILES string of the molecule is C=CCCc1cc2ccc([C@@H]3CC[C@@H]4CC(CCCCC)CCC4C3)c(F)c2c(F)c1F. The molecule has 0 saturated heterocycles. The van der Waals surface area contributed by atoms with E-state index >= 15 is 4.39 Å². The van der Waals surface area contributed by atoms with Gasteiger partial charge in [-0.3, -0.25) is 0 Å². The van der Waals surface area contributed by atoms with Gasteiger partial charge in [-0.25, -0.2) is 13.2 Å². The Bertz CT molecular complexity index is 947. The molecule has 2 aromatic carbocycles. The number of fused-ring (bicyclic) bond motifs is 2. The standard InChI is InChI=1S/C29H37F3/c1-3-5-7-8-19-10-11-21-17-22(13-12-20(21)16-19)25-15-14-23-18-24(9-6-4-2)27(30)29(32)26(23)28(25)31/h4,14-15,18-22H,2-3,5-13,16-17H2,1H3/t19?,20-,21?,22-/m1/s1. The molecule has 0 heterocycles. The van der Waals surface area contributed by atoms with Crippen LogP contribution in [0.4, 0.5) is 13.2 Å². The van der Waals surface area contributed by atoms with Crippen LogP contribution >= 0.6 is 0 Å². The minimum Gasteiger partial charge on any atom is -0.206 e. The van der Waals surface area contributed by atoms with Crippen molar-refractivity contribution < 1.29 is 13.2 Å². The van der Waals surface area contributed by atoms with E-state index in [9.17, 15) is 8.78 Å². The highest BCUT2D eigenvalue weighted by molar-refractivity contribution is 5.85. The van der Waals surface area contributed by atoms with Crippen LogP contribution in [0, 0.1) is 35.2 Å². The molecule has 2 unspecified atom stereocenters. The van der Waals surface area contributed by atoms with Crippen molar-refractivity contribution in [2.24, 2.45) is 17.8 Å². The van der Waals surface area contributed by atoms with Crippen LogP contribution in [-0.2, 0) is 6.42 Å². The molecule has 0 bridgehead atoms. The second-order valence-corrected chi connectivity index (χ2v) is 10.3. The van der Waals surface area contributed by atoms with Crippen molar-refractivity contribution in [1.82, 2.24) is 0 Å². The average Bonchev–Trinajstić information content (AvgIpc) is 2.80. The second kappa shape index (κ2) is 10.4. The first-order chi connectivity index (χ1) is 15.5. The fourth-order valence-electron chi connectivity index (χ4n) is 6.42. The zero-order chi connectivity index (χ0) is 22.7. The fourth-order valence-corrected chi connectivity index (χ4v) is 6.42. The summed E-state index contributed by atoms with van der Waals surface area (Å²) < 4.78 is 45.0. The van der Waals surface area contributed by atoms with E-state index in [2.05, 4.69) is 13.5 Å². The van der Waals surface area contributed by atoms with Crippen molar-refractivity contribution in [1.29, 1.82) is 0 Å². The minimum atomic E-state index is -1.04. The van der Waals surface area contributed by atoms with Crippen molar-refractivity contribution in [2.45, 2.75) is 89.9 Å². The van der Waals surface area contributed by atoms with Gasteiger partial charge in [0, 0.05) is 0 Å². The summed E-state index contributed by atoms with van der Waals surface area (Å²) in [4.78, 5) is 0. The van der Waals surface area contributed by atoms with E-state index in [4.69, 9.17) is 0 Å². The van der Waals surface area contributed by atoms with Gasteiger partial charge < -0.3 is 0 Å². The van der Waals surface area contributed by atoms with E-state index < -0.39 is 17.5 Å². The van der Waals surface area contributed by atoms with E-state index in [1.165, 1.54) is 44.9 Å². The molecule has 0 amide bonds. The van der Waals surface area contributed by atoms with Crippen LogP contribution in [-0.4, -0.2) is 0 Å². The van der Waals surface area contributed by atoms with Crippen LogP contribution in [0.3, 0.4) is 0 Å². The monoisotopic (exact) mass is 442 g/mol. The fraction of sp³-hybridized carbons (Fsp3) is 0.586. The van der Waals surface area contributed by atoms with Gasteiger partial charge >= 0.3 is 0 Å². The van der Waals surface area contributed by atoms with Gasteiger partial charge in [-0.15, -0.1) is 6.58 Å². The van der Waals surface area contributed by atoms with Gasteiger partial charge in [0.25, 0.3) is 0 Å². The Hall–Kier alpha value is -1.77. The molecule has 0 aromatic heterocycles. The van der Waals surface area contributed by atoms with E-state index in [1.54, 1.807) is 18.2 Å². The molecule has 2 saturated carbocycles. The van der Waals surface area contributed by atoms with Gasteiger partial charge in [0.15, 0.2) is 11.6 Å². The molecule has 2 fully saturated rings. The van der Waals surface area contributed by atoms with Crippen LogP contribution in [0.5, 0.6) is 0 Å². The highest BCUT2D eigenvalue weighted by Crippen LogP contribution is 2.49. The van der Waals surface area contributed by atoms with Crippen molar-refractivity contribution >= 4 is 10.8 Å². The Balaban J connectivity index is 1.51. The maximum absolute atomic E-state index is 15.5. The molecule has 0 spiro atoms. The van der Waals surface area contributed by atoms with Gasteiger partial charge in [-0.1, -0.05) is 57.2 Å². The lowest BCUT2D eigenvalue weighted by Crippen LogP contribution is -2.30. The molecule has 4 atom stereocenters. The zero-order valence-corrected chi connectivity index (χ0v) is 19.4. The predicted molar refractivity (Wildman–Crippen MR) is 127 cm³/mol. The summed E-state index contributed by atoms with van der Waals surface area (Å²) in [6.45, 7) is 5.90. The first kappa shape index (κ1) is 23.4. The number of aryl methyl sites for hydroxylation is 1. The van der Waals surface area contributed by atoms with Crippen molar-refractivity contribution in [3.8, 4) is 0 Å². The molecule has 2 aromatic rings. The zero-order valence-electron chi connectivity index (χ0n) is 19.4. The molecule has 32 heavy (non-hydrogen) atoms. The highest BCUT2D eigenvalue weighted by atomic mass is 19.2. The average molecular weight is 443 g/mol. The van der Waals surface area contributed by atoms with Crippen LogP contribution < -0.4 is 0 Å². The maximum atomic E-state index is 15.5. The number of rotatable bonds is 8. The summed E-state index contributed by atoms with van der Waals surface area (Å²) in [5.41, 5.74) is 0.872. The number of allylic oxidation sites excluding steroid dienone is 1. The Kier molecular flexibility index (Phi) is 7.63. The molecule has 2 aliphatic rings. The number of benzene rings is 2. The van der Waals surface area contributed by atoms with Gasteiger partial charge in [-0.05, 0) is 91.2 Å². The van der Waals surface area contributed by atoms with Gasteiger partial charge in [0.1, 0.15) is 5.82 Å². The van der Waals surface area contributed by atoms with Crippen LogP contribution in [0.15, 0.2) is 30.9 Å². The van der Waals surface area contributed by atoms with Crippen LogP contribution in [0.1, 0.15) is 94.6 Å². The van der Waals surface area contributed by atoms with E-state index in [0.29, 0.717) is 35.3 Å². The summed E-state index contributed by atoms with van der Waals surface area (Å²) in [5, 5.41) is 0.273. The third-order valence-electron chi connectivity index (χ3n) is 8.22. The topological polar surface area (TPSA) is 0 Å². The van der Waals surface area contributed by atoms with Crippen molar-refractivity contribution in [2.75, 3.05) is 0 Å². The lowest BCUT2D eigenvalue weighted by molar-refractivity contribution is 0.112. The molecule has 2 aliphatic carbocycles. The van der Waals surface area contributed by atoms with Crippen LogP contribution in [0.25, 0.3) is 10.8 Å². The molecule has 0 nitrogen and oxygen atoms in total. The second-order valence-electron chi connectivity index (χ2n) is 10.3. The third-order valence-corrected chi connectivity index (χ3v) is 8.22. The number of halogens is 3. The lowest BCUT2D eigenvalue weighted by atomic mass is 9.63. The van der Waals surface area contributed by atoms with E-state index in [-0.39, 0.29) is 11.3 Å². The Morgan fingerprint density at radius 1 is 0.938 bits per heavy atom. The molecule has 0 radical (unpaired) electrons. The quantitative estimate of drug-likeness (QED) is 0.282. The first-order valence-electron chi connectivity index (χ1n) is 12.7. The molecule has 174 valence electrons. The van der Waals surface area contributed by atoms with E-state index in [0.717, 1.165) is 31.1 Å². The minimum absolute atomic E-state index is 0.111. The molecule has 0 aliphatic heterocycles. The molecular weight excluding hydrogens is 405 g/mol. The number of hydrogen-bond donors (Lipinski definition) is 0. The number of unbranched alkanes of at least 4 members (excludes halogenated alkanes) is 2. The first-order valence-corrected chi connectivity index (χ1v) is 12.7. The van der Waals surface area contributed by atoms with Gasteiger partial charge in [0.05, 0.1) is 5.39 Å². The summed E-state index contributed by atoms with van der Waals surface area (Å²) in [7, 11) is 0. The highest BCUT2D eigenvalue weighted by Gasteiger charge is 2.36. The Morgan fingerprint density at radius 3 is 2.50 bits per heavy atom. The van der Waals surface area contributed by atoms with Crippen LogP contribution in [0.2, 0.25) is 0 Å². The van der Waals surface area contributed by atoms with Gasteiger partial charge in [-0.2, -0.15) is 0 Å². The Morgan fingerprint density at radius 2 is 1.72 bits per heavy atom. The summed E-state index contributed by atoms with van der Waals surface area (Å²) >= 11 is 0. The van der Waals surface area contributed by atoms with Gasteiger partial charge in [0.2, 0.25) is 0 Å². The predicted octanol–water partition coefficient (Wildman–Crippen LogP) is 9.26. The maximum Gasteiger partial charge on any atom is 0.169 e. The van der Waals surface area contributed by atoms with Crippen molar-refractivity contribution in [3.05, 3.63) is 59.4 Å². The van der Waals surface area contributed by atoms with Crippen molar-refractivity contribution in [3.63, 3.8) is 0 Å². The third kappa shape index (κ3) is 4.77. The lowest BCUT2D eigenvalue weighted by Gasteiger charge is -2.42. The Labute approximate surface area is 191 Å².